The number of oxime groups is 1. The van der Waals surface area contributed by atoms with E-state index in [9.17, 15) is 9.59 Å². The molecule has 0 aliphatic carbocycles. The number of carbonyl (C=O) groups excluding carboxylic acids is 2. The molecular formula is C11H22N4O3. The number of amidine groups is 1. The third kappa shape index (κ3) is 6.72. The van der Waals surface area contributed by atoms with Gasteiger partial charge in [-0.2, -0.15) is 0 Å². The van der Waals surface area contributed by atoms with Gasteiger partial charge in [0, 0.05) is 13.0 Å². The van der Waals surface area contributed by atoms with Gasteiger partial charge >= 0.3 is 0 Å². The minimum atomic E-state index is -0.601. The van der Waals surface area contributed by atoms with Crippen molar-refractivity contribution in [2.75, 3.05) is 6.54 Å². The van der Waals surface area contributed by atoms with Crippen LogP contribution in [0.1, 0.15) is 39.0 Å². The Hall–Kier alpha value is -1.79. The van der Waals surface area contributed by atoms with Crippen molar-refractivity contribution in [2.24, 2.45) is 22.5 Å². The van der Waals surface area contributed by atoms with Gasteiger partial charge in [-0.05, 0) is 19.3 Å². The minimum Gasteiger partial charge on any atom is -0.409 e. The van der Waals surface area contributed by atoms with Crippen LogP contribution in [0.25, 0.3) is 0 Å². The quantitative estimate of drug-likeness (QED) is 0.151. The number of unbranched alkanes of at least 4 members (excludes halogenated alkanes) is 1. The molecule has 0 spiro atoms. The maximum Gasteiger partial charge on any atom is 0.230 e. The zero-order valence-electron chi connectivity index (χ0n) is 10.7. The molecule has 0 fully saturated rings. The zero-order valence-corrected chi connectivity index (χ0v) is 10.7. The van der Waals surface area contributed by atoms with E-state index in [-0.39, 0.29) is 17.6 Å². The van der Waals surface area contributed by atoms with Gasteiger partial charge in [0.05, 0.1) is 5.92 Å². The van der Waals surface area contributed by atoms with Gasteiger partial charge in [-0.25, -0.2) is 0 Å². The molecule has 0 aromatic carbocycles. The van der Waals surface area contributed by atoms with E-state index in [1.807, 2.05) is 6.92 Å². The van der Waals surface area contributed by atoms with Crippen molar-refractivity contribution in [3.05, 3.63) is 0 Å². The van der Waals surface area contributed by atoms with E-state index in [4.69, 9.17) is 16.7 Å². The highest BCUT2D eigenvalue weighted by Crippen LogP contribution is 2.07. The number of primary amides is 1. The monoisotopic (exact) mass is 258 g/mol. The fraction of sp³-hybridized carbons (Fsp3) is 0.727. The van der Waals surface area contributed by atoms with Gasteiger partial charge in [-0.1, -0.05) is 18.5 Å². The molecule has 7 heteroatoms. The van der Waals surface area contributed by atoms with Gasteiger partial charge < -0.3 is 22.0 Å². The first kappa shape index (κ1) is 16.2. The van der Waals surface area contributed by atoms with E-state index in [0.29, 0.717) is 32.2 Å². The number of nitrogens with two attached hydrogens (primary N) is 2. The van der Waals surface area contributed by atoms with E-state index in [2.05, 4.69) is 10.5 Å². The number of nitrogens with one attached hydrogen (secondary N) is 1. The smallest absolute Gasteiger partial charge is 0.230 e. The van der Waals surface area contributed by atoms with Crippen molar-refractivity contribution in [3.8, 4) is 0 Å². The van der Waals surface area contributed by atoms with Crippen LogP contribution in [0.15, 0.2) is 5.16 Å². The lowest BCUT2D eigenvalue weighted by Gasteiger charge is -2.14. The molecule has 0 aromatic rings. The van der Waals surface area contributed by atoms with E-state index < -0.39 is 5.92 Å². The molecule has 1 unspecified atom stereocenters. The van der Waals surface area contributed by atoms with Gasteiger partial charge in [0.2, 0.25) is 11.8 Å². The molecule has 0 aliphatic heterocycles. The summed E-state index contributed by atoms with van der Waals surface area (Å²) < 4.78 is 0. The second-order valence-corrected chi connectivity index (χ2v) is 4.08. The Morgan fingerprint density at radius 1 is 1.33 bits per heavy atom. The molecule has 0 aliphatic rings. The molecule has 0 aromatic heterocycles. The van der Waals surface area contributed by atoms with Gasteiger partial charge in [0.1, 0.15) is 0 Å². The predicted molar refractivity (Wildman–Crippen MR) is 67.9 cm³/mol. The molecule has 7 nitrogen and oxygen atoms in total. The van der Waals surface area contributed by atoms with Crippen molar-refractivity contribution in [1.29, 1.82) is 0 Å². The average molecular weight is 258 g/mol. The first-order chi connectivity index (χ1) is 8.52. The third-order valence-electron chi connectivity index (χ3n) is 2.52. The first-order valence-electron chi connectivity index (χ1n) is 6.06. The topological polar surface area (TPSA) is 131 Å². The summed E-state index contributed by atoms with van der Waals surface area (Å²) in [4.78, 5) is 22.2. The fourth-order valence-corrected chi connectivity index (χ4v) is 1.53. The van der Waals surface area contributed by atoms with E-state index in [1.54, 1.807) is 0 Å². The van der Waals surface area contributed by atoms with Crippen molar-refractivity contribution in [2.45, 2.75) is 39.0 Å². The number of nitrogens with zero attached hydrogens (tertiary/aromatic N) is 1. The van der Waals surface area contributed by atoms with Crippen molar-refractivity contribution < 1.29 is 14.8 Å². The highest BCUT2D eigenvalue weighted by Gasteiger charge is 2.21. The summed E-state index contributed by atoms with van der Waals surface area (Å²) in [6.07, 6.45) is 2.91. The Morgan fingerprint density at radius 3 is 2.50 bits per heavy atom. The summed E-state index contributed by atoms with van der Waals surface area (Å²) >= 11 is 0. The fourth-order valence-electron chi connectivity index (χ4n) is 1.53. The Morgan fingerprint density at radius 2 is 2.00 bits per heavy atom. The zero-order chi connectivity index (χ0) is 14.0. The summed E-state index contributed by atoms with van der Waals surface area (Å²) in [5, 5.41) is 14.1. The average Bonchev–Trinajstić information content (AvgIpc) is 2.34. The highest BCUT2D eigenvalue weighted by atomic mass is 16.4. The molecule has 0 saturated carbocycles. The minimum absolute atomic E-state index is 0.0773. The molecule has 18 heavy (non-hydrogen) atoms. The number of amides is 2. The SMILES string of the molecule is CCCC(C(=O)NCCCCC(N)=O)C(N)=NO. The molecule has 0 saturated heterocycles. The van der Waals surface area contributed by atoms with Crippen LogP contribution in [0.4, 0.5) is 0 Å². The molecule has 0 heterocycles. The van der Waals surface area contributed by atoms with Crippen LogP contribution in [0.5, 0.6) is 0 Å². The Kier molecular flexibility index (Phi) is 8.34. The van der Waals surface area contributed by atoms with Gasteiger partial charge in [0.25, 0.3) is 0 Å². The Balaban J connectivity index is 4.00. The van der Waals surface area contributed by atoms with Gasteiger partial charge in [-0.3, -0.25) is 9.59 Å². The molecular weight excluding hydrogens is 236 g/mol. The normalized spacial score (nSPS) is 13.1. The molecule has 6 N–H and O–H groups in total. The third-order valence-corrected chi connectivity index (χ3v) is 2.52. The standard InChI is InChI=1S/C11H22N4O3/c1-2-5-8(10(13)15-18)11(17)14-7-4-3-6-9(12)16/h8,18H,2-7H2,1H3,(H2,12,16)(H2,13,15)(H,14,17). The molecule has 0 radical (unpaired) electrons. The van der Waals surface area contributed by atoms with Crippen LogP contribution in [0.3, 0.4) is 0 Å². The second kappa shape index (κ2) is 9.26. The second-order valence-electron chi connectivity index (χ2n) is 4.08. The maximum absolute atomic E-state index is 11.8. The molecule has 0 bridgehead atoms. The Bertz CT molecular complexity index is 305. The number of carbonyl (C=O) groups is 2. The molecule has 2 amide bonds. The predicted octanol–water partition coefficient (Wildman–Crippen LogP) is -0.0791. The van der Waals surface area contributed by atoms with Crippen LogP contribution in [0, 0.1) is 5.92 Å². The largest absolute Gasteiger partial charge is 0.409 e. The van der Waals surface area contributed by atoms with Crippen molar-refractivity contribution in [3.63, 3.8) is 0 Å². The summed E-state index contributed by atoms with van der Waals surface area (Å²) in [7, 11) is 0. The number of hydrogen-bond donors (Lipinski definition) is 4. The van der Waals surface area contributed by atoms with Crippen LogP contribution in [-0.4, -0.2) is 29.4 Å². The summed E-state index contributed by atoms with van der Waals surface area (Å²) in [5.74, 6) is -1.28. The van der Waals surface area contributed by atoms with E-state index >= 15 is 0 Å². The van der Waals surface area contributed by atoms with E-state index in [1.165, 1.54) is 0 Å². The van der Waals surface area contributed by atoms with Crippen LogP contribution in [-0.2, 0) is 9.59 Å². The molecule has 104 valence electrons. The molecule has 0 rings (SSSR count). The Labute approximate surface area is 107 Å². The summed E-state index contributed by atoms with van der Waals surface area (Å²) in [6, 6.07) is 0. The number of hydrogen-bond acceptors (Lipinski definition) is 4. The van der Waals surface area contributed by atoms with Crippen molar-refractivity contribution in [1.82, 2.24) is 5.32 Å². The number of rotatable bonds is 9. The van der Waals surface area contributed by atoms with Gasteiger partial charge in [-0.15, -0.1) is 0 Å². The highest BCUT2D eigenvalue weighted by molar-refractivity contribution is 6.02. The van der Waals surface area contributed by atoms with Crippen LogP contribution in [0.2, 0.25) is 0 Å². The molecule has 1 atom stereocenters. The first-order valence-corrected chi connectivity index (χ1v) is 6.06. The van der Waals surface area contributed by atoms with Crippen LogP contribution >= 0.6 is 0 Å². The maximum atomic E-state index is 11.8. The lowest BCUT2D eigenvalue weighted by atomic mass is 10.0. The van der Waals surface area contributed by atoms with E-state index in [0.717, 1.165) is 6.42 Å². The van der Waals surface area contributed by atoms with Crippen LogP contribution < -0.4 is 16.8 Å². The lowest BCUT2D eigenvalue weighted by molar-refractivity contribution is -0.123. The van der Waals surface area contributed by atoms with Gasteiger partial charge in [0.15, 0.2) is 5.84 Å². The van der Waals surface area contributed by atoms with Crippen molar-refractivity contribution >= 4 is 17.6 Å². The lowest BCUT2D eigenvalue weighted by Crippen LogP contribution is -2.39. The summed E-state index contributed by atoms with van der Waals surface area (Å²) in [5.41, 5.74) is 10.4. The summed E-state index contributed by atoms with van der Waals surface area (Å²) in [6.45, 7) is 2.36.